The van der Waals surface area contributed by atoms with Crippen LogP contribution in [0.15, 0.2) is 5.16 Å². The fourth-order valence-electron chi connectivity index (χ4n) is 0.215. The van der Waals surface area contributed by atoms with Gasteiger partial charge in [0.2, 0.25) is 5.96 Å². The van der Waals surface area contributed by atoms with E-state index in [0.29, 0.717) is 0 Å². The molecule has 0 saturated heterocycles. The van der Waals surface area contributed by atoms with Gasteiger partial charge in [-0.1, -0.05) is 0 Å². The normalized spacial score (nSPS) is 12.2. The Morgan fingerprint density at radius 1 is 1.78 bits per heavy atom. The number of alkyl halides is 1. The average molecular weight is 135 g/mol. The van der Waals surface area contributed by atoms with E-state index >= 15 is 0 Å². The summed E-state index contributed by atoms with van der Waals surface area (Å²) in [4.78, 5) is 4.32. The number of nitrogens with two attached hydrogens (primary N) is 2. The summed E-state index contributed by atoms with van der Waals surface area (Å²) in [6, 6.07) is 0. The number of guanidine groups is 1. The number of oxime groups is 1. The van der Waals surface area contributed by atoms with Crippen molar-refractivity contribution in [2.24, 2.45) is 16.6 Å². The van der Waals surface area contributed by atoms with E-state index in [4.69, 9.17) is 11.5 Å². The molecule has 1 unspecified atom stereocenters. The Morgan fingerprint density at radius 3 is 2.67 bits per heavy atom. The van der Waals surface area contributed by atoms with Crippen molar-refractivity contribution in [3.05, 3.63) is 0 Å². The summed E-state index contributed by atoms with van der Waals surface area (Å²) >= 11 is 0. The van der Waals surface area contributed by atoms with Crippen molar-refractivity contribution in [3.8, 4) is 0 Å². The predicted octanol–water partition coefficient (Wildman–Crippen LogP) is -0.451. The summed E-state index contributed by atoms with van der Waals surface area (Å²) in [7, 11) is 0. The van der Waals surface area contributed by atoms with Gasteiger partial charge >= 0.3 is 0 Å². The molecular formula is C4H10FN3O. The molecule has 0 spiro atoms. The molecule has 5 heteroatoms. The van der Waals surface area contributed by atoms with Gasteiger partial charge in [-0.3, -0.25) is 0 Å². The number of halogens is 1. The Morgan fingerprint density at radius 2 is 2.33 bits per heavy atom. The number of hydrogen-bond donors (Lipinski definition) is 2. The Hall–Kier alpha value is -1.00. The van der Waals surface area contributed by atoms with E-state index in [9.17, 15) is 4.39 Å². The highest BCUT2D eigenvalue weighted by atomic mass is 19.1. The molecule has 9 heavy (non-hydrogen) atoms. The second kappa shape index (κ2) is 3.94. The lowest BCUT2D eigenvalue weighted by Crippen LogP contribution is -2.23. The van der Waals surface area contributed by atoms with Crippen LogP contribution in [0.4, 0.5) is 4.39 Å². The third-order valence-electron chi connectivity index (χ3n) is 0.474. The zero-order chi connectivity index (χ0) is 7.28. The zero-order valence-electron chi connectivity index (χ0n) is 5.17. The minimum Gasteiger partial charge on any atom is -0.390 e. The van der Waals surface area contributed by atoms with E-state index in [1.54, 1.807) is 0 Å². The fraction of sp³-hybridized carbons (Fsp3) is 0.750. The van der Waals surface area contributed by atoms with Gasteiger partial charge in [0, 0.05) is 0 Å². The zero-order valence-corrected chi connectivity index (χ0v) is 5.17. The van der Waals surface area contributed by atoms with Crippen molar-refractivity contribution in [1.29, 1.82) is 0 Å². The summed E-state index contributed by atoms with van der Waals surface area (Å²) in [5.41, 5.74) is 9.72. The fourth-order valence-corrected chi connectivity index (χ4v) is 0.215. The molecule has 0 aromatic heterocycles. The van der Waals surface area contributed by atoms with Gasteiger partial charge in [-0.25, -0.2) is 4.39 Å². The van der Waals surface area contributed by atoms with Gasteiger partial charge in [0.05, 0.1) is 0 Å². The molecule has 4 N–H and O–H groups in total. The second-order valence-electron chi connectivity index (χ2n) is 1.59. The predicted molar refractivity (Wildman–Crippen MR) is 32.3 cm³/mol. The van der Waals surface area contributed by atoms with Crippen LogP contribution in [0.25, 0.3) is 0 Å². The molecule has 0 amide bonds. The molecule has 0 heterocycles. The Balaban J connectivity index is 3.20. The SMILES string of the molecule is CC(F)CON=C(N)N. The van der Waals surface area contributed by atoms with Crippen LogP contribution in [0, 0.1) is 0 Å². The van der Waals surface area contributed by atoms with Gasteiger partial charge < -0.3 is 16.3 Å². The average Bonchev–Trinajstić information content (AvgIpc) is 1.63. The highest BCUT2D eigenvalue weighted by Gasteiger charge is 1.95. The first-order chi connectivity index (χ1) is 4.13. The Bertz CT molecular complexity index is 100.0. The molecule has 0 aromatic carbocycles. The lowest BCUT2D eigenvalue weighted by atomic mass is 10.5. The minimum atomic E-state index is -1.05. The minimum absolute atomic E-state index is 0.113. The molecule has 0 saturated carbocycles. The summed E-state index contributed by atoms with van der Waals surface area (Å²) in [5, 5.41) is 3.10. The van der Waals surface area contributed by atoms with Gasteiger partial charge in [-0.05, 0) is 12.1 Å². The van der Waals surface area contributed by atoms with E-state index in [0.717, 1.165) is 0 Å². The van der Waals surface area contributed by atoms with Crippen LogP contribution in [0.2, 0.25) is 0 Å². The molecule has 0 aliphatic heterocycles. The lowest BCUT2D eigenvalue weighted by Gasteiger charge is -1.98. The molecular weight excluding hydrogens is 125 g/mol. The van der Waals surface area contributed by atoms with Crippen LogP contribution in [0.1, 0.15) is 6.92 Å². The standard InChI is InChI=1S/C4H10FN3O/c1-3(5)2-9-8-4(6)7/h3H,2H2,1H3,(H4,6,7,8). The number of rotatable bonds is 3. The van der Waals surface area contributed by atoms with Gasteiger partial charge in [0.25, 0.3) is 0 Å². The van der Waals surface area contributed by atoms with Crippen LogP contribution >= 0.6 is 0 Å². The monoisotopic (exact) mass is 135 g/mol. The summed E-state index contributed by atoms with van der Waals surface area (Å²) in [5.74, 6) is -0.198. The van der Waals surface area contributed by atoms with Crippen molar-refractivity contribution < 1.29 is 9.23 Å². The smallest absolute Gasteiger partial charge is 0.228 e. The molecule has 0 aromatic rings. The van der Waals surface area contributed by atoms with E-state index in [2.05, 4.69) is 9.99 Å². The Kier molecular flexibility index (Phi) is 3.50. The van der Waals surface area contributed by atoms with Gasteiger partial charge in [0.1, 0.15) is 12.8 Å². The highest BCUT2D eigenvalue weighted by molar-refractivity contribution is 5.74. The largest absolute Gasteiger partial charge is 0.390 e. The maximum absolute atomic E-state index is 11.9. The lowest BCUT2D eigenvalue weighted by molar-refractivity contribution is 0.0934. The van der Waals surface area contributed by atoms with Crippen LogP contribution in [0.3, 0.4) is 0 Å². The van der Waals surface area contributed by atoms with Crippen molar-refractivity contribution in [3.63, 3.8) is 0 Å². The van der Waals surface area contributed by atoms with Crippen molar-refractivity contribution in [1.82, 2.24) is 0 Å². The van der Waals surface area contributed by atoms with Gasteiger partial charge in [0.15, 0.2) is 0 Å². The molecule has 1 atom stereocenters. The van der Waals surface area contributed by atoms with Crippen molar-refractivity contribution in [2.75, 3.05) is 6.61 Å². The van der Waals surface area contributed by atoms with Crippen LogP contribution in [0.5, 0.6) is 0 Å². The maximum Gasteiger partial charge on any atom is 0.228 e. The van der Waals surface area contributed by atoms with Crippen molar-refractivity contribution >= 4 is 5.96 Å². The molecule has 54 valence electrons. The van der Waals surface area contributed by atoms with Gasteiger partial charge in [-0.15, -0.1) is 0 Å². The molecule has 0 radical (unpaired) electrons. The third-order valence-corrected chi connectivity index (χ3v) is 0.474. The van der Waals surface area contributed by atoms with Crippen molar-refractivity contribution in [2.45, 2.75) is 13.1 Å². The number of hydrogen-bond acceptors (Lipinski definition) is 2. The molecule has 0 aliphatic carbocycles. The van der Waals surface area contributed by atoms with Crippen LogP contribution in [-0.4, -0.2) is 18.7 Å². The van der Waals surface area contributed by atoms with Gasteiger partial charge in [-0.2, -0.15) is 0 Å². The quantitative estimate of drug-likeness (QED) is 0.312. The third kappa shape index (κ3) is 7.00. The number of nitrogens with zero attached hydrogens (tertiary/aromatic N) is 1. The van der Waals surface area contributed by atoms with E-state index in [1.807, 2.05) is 0 Å². The van der Waals surface area contributed by atoms with Crippen LogP contribution < -0.4 is 11.5 Å². The second-order valence-corrected chi connectivity index (χ2v) is 1.59. The molecule has 0 fully saturated rings. The first-order valence-corrected chi connectivity index (χ1v) is 2.48. The maximum atomic E-state index is 11.9. The summed E-state index contributed by atoms with van der Waals surface area (Å²) < 4.78 is 11.9. The first kappa shape index (κ1) is 8.00. The molecule has 0 bridgehead atoms. The van der Waals surface area contributed by atoms with E-state index < -0.39 is 6.17 Å². The Labute approximate surface area is 52.6 Å². The summed E-state index contributed by atoms with van der Waals surface area (Å²) in [6.07, 6.45) is -1.05. The molecule has 0 aliphatic rings. The molecule has 4 nitrogen and oxygen atoms in total. The highest BCUT2D eigenvalue weighted by Crippen LogP contribution is 1.87. The van der Waals surface area contributed by atoms with E-state index in [1.165, 1.54) is 6.92 Å². The van der Waals surface area contributed by atoms with E-state index in [-0.39, 0.29) is 12.6 Å². The van der Waals surface area contributed by atoms with Crippen LogP contribution in [-0.2, 0) is 4.84 Å². The molecule has 0 rings (SSSR count). The first-order valence-electron chi connectivity index (χ1n) is 2.48. The topological polar surface area (TPSA) is 73.6 Å². The summed E-state index contributed by atoms with van der Waals surface area (Å²) in [6.45, 7) is 1.24.